The first-order valence-electron chi connectivity index (χ1n) is 16.2. The van der Waals surface area contributed by atoms with Gasteiger partial charge in [0.1, 0.15) is 12.3 Å². The predicted octanol–water partition coefficient (Wildman–Crippen LogP) is 6.35. The standard InChI is InChI=1S/C36H53N3O4/c1-8-10-18-38(29-13-11-12-26(20-29)25-39(5,6)7)33(40)24-37-23-30(27-14-15-32-28(21-27)16-19-43-32)34(35(41)42)31(37)22-36(3,4)17-9-2/h11-15,20-21,30-31,34H,8-10,16-19,22-25H2,1-7H3/p+1/t30-,31+,34?/m1/s1. The number of carboxylic acid groups (broad SMARTS) is 1. The number of benzene rings is 2. The van der Waals surface area contributed by atoms with Crippen LogP contribution in [0.2, 0.25) is 0 Å². The summed E-state index contributed by atoms with van der Waals surface area (Å²) in [6, 6.07) is 14.3. The van der Waals surface area contributed by atoms with E-state index in [9.17, 15) is 14.7 Å². The summed E-state index contributed by atoms with van der Waals surface area (Å²) in [6.45, 7) is 11.8. The van der Waals surface area contributed by atoms with Crippen LogP contribution in [0.3, 0.4) is 0 Å². The molecule has 2 aromatic carbocycles. The Hall–Kier alpha value is -2.90. The Morgan fingerprint density at radius 2 is 1.86 bits per heavy atom. The first-order valence-corrected chi connectivity index (χ1v) is 16.2. The molecular formula is C36H54N3O4+. The summed E-state index contributed by atoms with van der Waals surface area (Å²) in [5.41, 5.74) is 4.29. The van der Waals surface area contributed by atoms with Gasteiger partial charge in [0.2, 0.25) is 5.91 Å². The van der Waals surface area contributed by atoms with Gasteiger partial charge in [0, 0.05) is 42.7 Å². The summed E-state index contributed by atoms with van der Waals surface area (Å²) >= 11 is 0. The SMILES string of the molecule is CCCCN(C(=O)CN1C[C@H](c2ccc3c(c2)CCO3)C(C(=O)O)[C@@H]1CC(C)(C)CCC)c1cccc(C[N+](C)(C)C)c1. The number of likely N-dealkylation sites (tertiary alicyclic amines) is 1. The van der Waals surface area contributed by atoms with Gasteiger partial charge in [-0.05, 0) is 54.0 Å². The second-order valence-corrected chi connectivity index (χ2v) is 14.6. The lowest BCUT2D eigenvalue weighted by Gasteiger charge is -2.35. The van der Waals surface area contributed by atoms with Gasteiger partial charge in [0.25, 0.3) is 0 Å². The number of hydrogen-bond donors (Lipinski definition) is 1. The van der Waals surface area contributed by atoms with Gasteiger partial charge < -0.3 is 19.2 Å². The molecule has 4 rings (SSSR count). The largest absolute Gasteiger partial charge is 0.493 e. The summed E-state index contributed by atoms with van der Waals surface area (Å²) in [5, 5.41) is 10.7. The van der Waals surface area contributed by atoms with E-state index in [-0.39, 0.29) is 29.8 Å². The number of unbranched alkanes of at least 4 members (excludes halogenated alkanes) is 1. The number of anilines is 1. The van der Waals surface area contributed by atoms with Crippen molar-refractivity contribution in [1.82, 2.24) is 4.90 Å². The number of ether oxygens (including phenoxy) is 1. The van der Waals surface area contributed by atoms with Gasteiger partial charge in [-0.15, -0.1) is 0 Å². The fraction of sp³-hybridized carbons (Fsp3) is 0.611. The summed E-state index contributed by atoms with van der Waals surface area (Å²) in [5.74, 6) is -0.594. The van der Waals surface area contributed by atoms with Crippen LogP contribution in [-0.2, 0) is 22.6 Å². The smallest absolute Gasteiger partial charge is 0.308 e. The number of hydrogen-bond acceptors (Lipinski definition) is 4. The third-order valence-corrected chi connectivity index (χ3v) is 9.12. The van der Waals surface area contributed by atoms with Crippen LogP contribution in [0.4, 0.5) is 5.69 Å². The van der Waals surface area contributed by atoms with Gasteiger partial charge >= 0.3 is 5.97 Å². The Bertz CT molecular complexity index is 1270. The number of fused-ring (bicyclic) bond motifs is 1. The molecule has 236 valence electrons. The molecule has 2 aliphatic heterocycles. The Balaban J connectivity index is 1.66. The molecule has 2 aliphatic rings. The first-order chi connectivity index (χ1) is 20.3. The molecule has 1 unspecified atom stereocenters. The summed E-state index contributed by atoms with van der Waals surface area (Å²) in [7, 11) is 6.51. The number of aliphatic carboxylic acids is 1. The first kappa shape index (κ1) is 33.0. The van der Waals surface area contributed by atoms with Gasteiger partial charge in [-0.3, -0.25) is 14.5 Å². The molecule has 1 N–H and O–H groups in total. The topological polar surface area (TPSA) is 70.1 Å². The molecule has 2 aromatic rings. The third-order valence-electron chi connectivity index (χ3n) is 9.12. The highest BCUT2D eigenvalue weighted by atomic mass is 16.5. The number of carbonyl (C=O) groups excluding carboxylic acids is 1. The van der Waals surface area contributed by atoms with Crippen LogP contribution in [0.1, 0.15) is 82.4 Å². The summed E-state index contributed by atoms with van der Waals surface area (Å²) < 4.78 is 6.54. The molecule has 3 atom stereocenters. The molecule has 7 heteroatoms. The van der Waals surface area contributed by atoms with Crippen molar-refractivity contribution in [2.24, 2.45) is 11.3 Å². The second-order valence-electron chi connectivity index (χ2n) is 14.6. The van der Waals surface area contributed by atoms with E-state index >= 15 is 0 Å². The number of amides is 1. The molecule has 0 spiro atoms. The average molecular weight is 593 g/mol. The van der Waals surface area contributed by atoms with E-state index in [0.29, 0.717) is 19.7 Å². The fourth-order valence-corrected chi connectivity index (χ4v) is 7.21. The lowest BCUT2D eigenvalue weighted by Crippen LogP contribution is -2.46. The zero-order valence-electron chi connectivity index (χ0n) is 27.6. The molecule has 0 aromatic heterocycles. The molecule has 43 heavy (non-hydrogen) atoms. The Morgan fingerprint density at radius 1 is 1.09 bits per heavy atom. The Kier molecular flexibility index (Phi) is 10.6. The number of nitrogens with zero attached hydrogens (tertiary/aromatic N) is 3. The number of quaternary nitrogens is 1. The summed E-state index contributed by atoms with van der Waals surface area (Å²) in [6.07, 6.45) is 5.55. The van der Waals surface area contributed by atoms with Crippen molar-refractivity contribution >= 4 is 17.6 Å². The maximum absolute atomic E-state index is 14.2. The van der Waals surface area contributed by atoms with Crippen molar-refractivity contribution in [3.8, 4) is 5.75 Å². The van der Waals surface area contributed by atoms with Crippen LogP contribution in [0.25, 0.3) is 0 Å². The molecule has 0 bridgehead atoms. The van der Waals surface area contributed by atoms with Crippen LogP contribution in [0.15, 0.2) is 42.5 Å². The minimum Gasteiger partial charge on any atom is -0.493 e. The molecule has 1 saturated heterocycles. The lowest BCUT2D eigenvalue weighted by molar-refractivity contribution is -0.884. The van der Waals surface area contributed by atoms with Crippen molar-refractivity contribution in [1.29, 1.82) is 0 Å². The number of carbonyl (C=O) groups is 2. The van der Waals surface area contributed by atoms with Crippen LogP contribution in [0.5, 0.6) is 5.75 Å². The van der Waals surface area contributed by atoms with E-state index in [4.69, 9.17) is 4.74 Å². The highest BCUT2D eigenvalue weighted by Crippen LogP contribution is 2.44. The molecule has 1 fully saturated rings. The van der Waals surface area contributed by atoms with E-state index in [1.54, 1.807) is 0 Å². The molecule has 7 nitrogen and oxygen atoms in total. The van der Waals surface area contributed by atoms with E-state index in [1.165, 1.54) is 5.56 Å². The average Bonchev–Trinajstić information content (AvgIpc) is 3.52. The summed E-state index contributed by atoms with van der Waals surface area (Å²) in [4.78, 5) is 31.4. The molecule has 0 aliphatic carbocycles. The predicted molar refractivity (Wildman–Crippen MR) is 174 cm³/mol. The second kappa shape index (κ2) is 13.8. The monoisotopic (exact) mass is 592 g/mol. The van der Waals surface area contributed by atoms with Gasteiger partial charge in [-0.1, -0.05) is 64.8 Å². The quantitative estimate of drug-likeness (QED) is 0.259. The van der Waals surface area contributed by atoms with E-state index in [0.717, 1.165) is 72.1 Å². The van der Waals surface area contributed by atoms with Crippen LogP contribution < -0.4 is 9.64 Å². The van der Waals surface area contributed by atoms with Crippen molar-refractivity contribution in [2.75, 3.05) is 52.3 Å². The maximum Gasteiger partial charge on any atom is 0.308 e. The van der Waals surface area contributed by atoms with E-state index in [2.05, 4.69) is 71.9 Å². The van der Waals surface area contributed by atoms with Gasteiger partial charge in [0.05, 0.1) is 40.2 Å². The number of rotatable bonds is 14. The van der Waals surface area contributed by atoms with Crippen molar-refractivity contribution < 1.29 is 23.9 Å². The zero-order valence-corrected chi connectivity index (χ0v) is 27.6. The lowest BCUT2D eigenvalue weighted by atomic mass is 9.76. The van der Waals surface area contributed by atoms with Gasteiger partial charge in [-0.25, -0.2) is 0 Å². The van der Waals surface area contributed by atoms with E-state index in [1.807, 2.05) is 29.2 Å². The van der Waals surface area contributed by atoms with Crippen molar-refractivity contribution in [2.45, 2.75) is 84.7 Å². The maximum atomic E-state index is 14.2. The minimum absolute atomic E-state index is 0.0312. The highest BCUT2D eigenvalue weighted by molar-refractivity contribution is 5.95. The van der Waals surface area contributed by atoms with Crippen LogP contribution >= 0.6 is 0 Å². The molecule has 1 amide bonds. The van der Waals surface area contributed by atoms with E-state index < -0.39 is 11.9 Å². The van der Waals surface area contributed by atoms with Crippen molar-refractivity contribution in [3.05, 3.63) is 59.2 Å². The third kappa shape index (κ3) is 8.39. The Morgan fingerprint density at radius 3 is 2.53 bits per heavy atom. The Labute approximate surface area is 259 Å². The molecular weight excluding hydrogens is 538 g/mol. The zero-order chi connectivity index (χ0) is 31.4. The van der Waals surface area contributed by atoms with Gasteiger partial charge in [0.15, 0.2) is 0 Å². The minimum atomic E-state index is -0.773. The normalized spacial score (nSPS) is 20.6. The molecule has 0 radical (unpaired) electrons. The highest BCUT2D eigenvalue weighted by Gasteiger charge is 2.49. The number of carboxylic acids is 1. The molecule has 2 heterocycles. The van der Waals surface area contributed by atoms with Gasteiger partial charge in [-0.2, -0.15) is 0 Å². The van der Waals surface area contributed by atoms with Crippen LogP contribution in [-0.4, -0.2) is 79.8 Å². The van der Waals surface area contributed by atoms with Crippen LogP contribution in [0, 0.1) is 11.3 Å². The van der Waals surface area contributed by atoms with Crippen molar-refractivity contribution in [3.63, 3.8) is 0 Å². The molecule has 0 saturated carbocycles. The fourth-order valence-electron chi connectivity index (χ4n) is 7.21.